The first-order valence-electron chi connectivity index (χ1n) is 7.44. The van der Waals surface area contributed by atoms with Gasteiger partial charge in [0.15, 0.2) is 0 Å². The highest BCUT2D eigenvalue weighted by Gasteiger charge is 2.37. The number of nitrogens with one attached hydrogen (secondary N) is 2. The van der Waals surface area contributed by atoms with Gasteiger partial charge < -0.3 is 15.7 Å². The molecule has 2 saturated carbocycles. The lowest BCUT2D eigenvalue weighted by Crippen LogP contribution is -2.47. The third-order valence-corrected chi connectivity index (χ3v) is 4.21. The summed E-state index contributed by atoms with van der Waals surface area (Å²) >= 11 is 0. The minimum atomic E-state index is -0.926. The van der Waals surface area contributed by atoms with Crippen molar-refractivity contribution in [1.29, 1.82) is 0 Å². The summed E-state index contributed by atoms with van der Waals surface area (Å²) in [7, 11) is 0. The van der Waals surface area contributed by atoms with Crippen molar-refractivity contribution in [3.05, 3.63) is 0 Å². The number of carboxylic acids is 1. The van der Waals surface area contributed by atoms with Crippen LogP contribution in [0.3, 0.4) is 0 Å². The van der Waals surface area contributed by atoms with E-state index in [1.165, 1.54) is 32.1 Å². The summed E-state index contributed by atoms with van der Waals surface area (Å²) in [5.74, 6) is -0.0701. The minimum Gasteiger partial charge on any atom is -0.480 e. The molecule has 0 aromatic rings. The zero-order valence-electron chi connectivity index (χ0n) is 11.4. The number of aliphatic carboxylic acids is 1. The van der Waals surface area contributed by atoms with Gasteiger partial charge >= 0.3 is 12.0 Å². The number of carbonyl (C=O) groups is 2. The number of carbonyl (C=O) groups excluding carboxylic acids is 1. The Morgan fingerprint density at radius 3 is 2.37 bits per heavy atom. The molecule has 0 heterocycles. The molecule has 5 heteroatoms. The molecular formula is C14H24N2O3. The quantitative estimate of drug-likeness (QED) is 0.690. The second-order valence-electron chi connectivity index (χ2n) is 5.85. The lowest BCUT2D eigenvalue weighted by Gasteiger charge is -2.21. The Kier molecular flexibility index (Phi) is 5.05. The highest BCUT2D eigenvalue weighted by molar-refractivity contribution is 5.83. The van der Waals surface area contributed by atoms with Gasteiger partial charge in [0, 0.05) is 6.54 Å². The first kappa shape index (κ1) is 14.2. The third-order valence-electron chi connectivity index (χ3n) is 4.21. The van der Waals surface area contributed by atoms with Gasteiger partial charge in [-0.05, 0) is 31.1 Å². The molecule has 2 rings (SSSR count). The summed E-state index contributed by atoms with van der Waals surface area (Å²) in [6.45, 7) is 0.646. The van der Waals surface area contributed by atoms with Crippen LogP contribution < -0.4 is 10.6 Å². The Hall–Kier alpha value is -1.26. The maximum atomic E-state index is 11.6. The number of hydrogen-bond donors (Lipinski definition) is 3. The van der Waals surface area contributed by atoms with Crippen LogP contribution in [-0.4, -0.2) is 29.7 Å². The number of hydrogen-bond acceptors (Lipinski definition) is 2. The molecule has 0 aromatic carbocycles. The Morgan fingerprint density at radius 1 is 1.11 bits per heavy atom. The summed E-state index contributed by atoms with van der Waals surface area (Å²) in [5.41, 5.74) is 0. The van der Waals surface area contributed by atoms with E-state index in [4.69, 9.17) is 5.11 Å². The van der Waals surface area contributed by atoms with Crippen LogP contribution >= 0.6 is 0 Å². The molecule has 0 radical (unpaired) electrons. The molecule has 1 atom stereocenters. The molecule has 2 amide bonds. The highest BCUT2D eigenvalue weighted by Crippen LogP contribution is 2.32. The molecule has 0 bridgehead atoms. The summed E-state index contributed by atoms with van der Waals surface area (Å²) in [4.78, 5) is 22.6. The Labute approximate surface area is 114 Å². The SMILES string of the molecule is O=C(NCCC1CCCCC1)NC(C(=O)O)C1CC1. The summed E-state index contributed by atoms with van der Waals surface area (Å²) in [6, 6.07) is -1.05. The van der Waals surface area contributed by atoms with Crippen molar-refractivity contribution >= 4 is 12.0 Å². The van der Waals surface area contributed by atoms with E-state index in [1.807, 2.05) is 0 Å². The Balaban J connectivity index is 1.62. The van der Waals surface area contributed by atoms with Gasteiger partial charge in [-0.3, -0.25) is 0 Å². The maximum absolute atomic E-state index is 11.6. The van der Waals surface area contributed by atoms with Crippen molar-refractivity contribution in [2.24, 2.45) is 11.8 Å². The van der Waals surface area contributed by atoms with E-state index >= 15 is 0 Å². The molecule has 108 valence electrons. The standard InChI is InChI=1S/C14H24N2O3/c17-13(18)12(11-6-7-11)16-14(19)15-9-8-10-4-2-1-3-5-10/h10-12H,1-9H2,(H,17,18)(H2,15,16,19). The lowest BCUT2D eigenvalue weighted by molar-refractivity contribution is -0.139. The van der Waals surface area contributed by atoms with Gasteiger partial charge in [-0.15, -0.1) is 0 Å². The first-order chi connectivity index (χ1) is 9.16. The predicted molar refractivity (Wildman–Crippen MR) is 71.9 cm³/mol. The van der Waals surface area contributed by atoms with Crippen molar-refractivity contribution in [2.45, 2.75) is 57.4 Å². The smallest absolute Gasteiger partial charge is 0.326 e. The average Bonchev–Trinajstić information content (AvgIpc) is 3.21. The largest absolute Gasteiger partial charge is 0.480 e. The van der Waals surface area contributed by atoms with E-state index in [0.29, 0.717) is 6.54 Å². The molecule has 0 spiro atoms. The molecule has 1 unspecified atom stereocenters. The third kappa shape index (κ3) is 4.73. The maximum Gasteiger partial charge on any atom is 0.326 e. The number of urea groups is 1. The van der Waals surface area contributed by atoms with Crippen molar-refractivity contribution in [3.8, 4) is 0 Å². The zero-order valence-corrected chi connectivity index (χ0v) is 11.4. The fourth-order valence-corrected chi connectivity index (χ4v) is 2.87. The molecule has 2 fully saturated rings. The summed E-state index contributed by atoms with van der Waals surface area (Å²) in [5, 5.41) is 14.4. The van der Waals surface area contributed by atoms with Crippen LogP contribution in [0.1, 0.15) is 51.4 Å². The van der Waals surface area contributed by atoms with Gasteiger partial charge in [-0.25, -0.2) is 9.59 Å². The van der Waals surface area contributed by atoms with Crippen LogP contribution in [0, 0.1) is 11.8 Å². The van der Waals surface area contributed by atoms with E-state index in [2.05, 4.69) is 10.6 Å². The van der Waals surface area contributed by atoms with E-state index in [-0.39, 0.29) is 11.9 Å². The van der Waals surface area contributed by atoms with Crippen LogP contribution in [0.4, 0.5) is 4.79 Å². The lowest BCUT2D eigenvalue weighted by atomic mass is 9.87. The molecule has 0 aliphatic heterocycles. The number of amides is 2. The van der Waals surface area contributed by atoms with E-state index in [1.54, 1.807) is 0 Å². The van der Waals surface area contributed by atoms with Crippen LogP contribution in [0.5, 0.6) is 0 Å². The highest BCUT2D eigenvalue weighted by atomic mass is 16.4. The fraction of sp³-hybridized carbons (Fsp3) is 0.857. The van der Waals surface area contributed by atoms with Gasteiger partial charge in [0.25, 0.3) is 0 Å². The topological polar surface area (TPSA) is 78.4 Å². The van der Waals surface area contributed by atoms with Crippen molar-refractivity contribution in [1.82, 2.24) is 10.6 Å². The summed E-state index contributed by atoms with van der Waals surface area (Å²) < 4.78 is 0. The second-order valence-corrected chi connectivity index (χ2v) is 5.85. The molecule has 0 saturated heterocycles. The Morgan fingerprint density at radius 2 is 1.79 bits per heavy atom. The minimum absolute atomic E-state index is 0.126. The molecule has 0 aromatic heterocycles. The molecule has 2 aliphatic rings. The van der Waals surface area contributed by atoms with Gasteiger partial charge in [0.05, 0.1) is 0 Å². The molecule has 2 aliphatic carbocycles. The van der Waals surface area contributed by atoms with E-state index in [0.717, 1.165) is 25.2 Å². The number of rotatable bonds is 6. The van der Waals surface area contributed by atoms with Crippen LogP contribution in [-0.2, 0) is 4.79 Å². The van der Waals surface area contributed by atoms with Gasteiger partial charge in [0.2, 0.25) is 0 Å². The monoisotopic (exact) mass is 268 g/mol. The number of carboxylic acid groups (broad SMARTS) is 1. The van der Waals surface area contributed by atoms with E-state index in [9.17, 15) is 9.59 Å². The molecule has 5 nitrogen and oxygen atoms in total. The zero-order chi connectivity index (χ0) is 13.7. The Bertz CT molecular complexity index is 323. The van der Waals surface area contributed by atoms with Crippen molar-refractivity contribution < 1.29 is 14.7 Å². The average molecular weight is 268 g/mol. The van der Waals surface area contributed by atoms with Crippen molar-refractivity contribution in [2.75, 3.05) is 6.54 Å². The molecular weight excluding hydrogens is 244 g/mol. The van der Waals surface area contributed by atoms with E-state index < -0.39 is 12.0 Å². The van der Waals surface area contributed by atoms with Gasteiger partial charge in [0.1, 0.15) is 6.04 Å². The van der Waals surface area contributed by atoms with Gasteiger partial charge in [-0.1, -0.05) is 32.1 Å². The normalized spacial score (nSPS) is 21.7. The molecule has 3 N–H and O–H groups in total. The fourth-order valence-electron chi connectivity index (χ4n) is 2.87. The molecule has 19 heavy (non-hydrogen) atoms. The van der Waals surface area contributed by atoms with Crippen LogP contribution in [0.15, 0.2) is 0 Å². The van der Waals surface area contributed by atoms with Crippen molar-refractivity contribution in [3.63, 3.8) is 0 Å². The van der Waals surface area contributed by atoms with Crippen LogP contribution in [0.25, 0.3) is 0 Å². The predicted octanol–water partition coefficient (Wildman–Crippen LogP) is 2.12. The summed E-state index contributed by atoms with van der Waals surface area (Å²) in [6.07, 6.45) is 9.30. The first-order valence-corrected chi connectivity index (χ1v) is 7.44. The van der Waals surface area contributed by atoms with Gasteiger partial charge in [-0.2, -0.15) is 0 Å². The second kappa shape index (κ2) is 6.78. The van der Waals surface area contributed by atoms with Crippen LogP contribution in [0.2, 0.25) is 0 Å².